The molecule has 6 nitrogen and oxygen atoms in total. The van der Waals surface area contributed by atoms with Crippen LogP contribution in [0.3, 0.4) is 0 Å². The van der Waals surface area contributed by atoms with Gasteiger partial charge in [0, 0.05) is 31.4 Å². The highest BCUT2D eigenvalue weighted by Crippen LogP contribution is 2.24. The van der Waals surface area contributed by atoms with Crippen molar-refractivity contribution in [2.24, 2.45) is 5.92 Å². The van der Waals surface area contributed by atoms with E-state index in [0.29, 0.717) is 12.0 Å². The lowest BCUT2D eigenvalue weighted by Gasteiger charge is -2.36. The molecule has 0 saturated carbocycles. The molecule has 0 aromatic carbocycles. The summed E-state index contributed by atoms with van der Waals surface area (Å²) in [5.41, 5.74) is -0.549. The maximum atomic E-state index is 12.4. The molecule has 2 rings (SSSR count). The van der Waals surface area contributed by atoms with Crippen molar-refractivity contribution in [3.63, 3.8) is 0 Å². The van der Waals surface area contributed by atoms with Crippen LogP contribution in [-0.2, 0) is 9.53 Å². The van der Waals surface area contributed by atoms with Crippen LogP contribution in [0, 0.1) is 5.92 Å². The normalized spacial score (nSPS) is 24.4. The van der Waals surface area contributed by atoms with Gasteiger partial charge in [0.05, 0.1) is 0 Å². The highest BCUT2D eigenvalue weighted by atomic mass is 32.2. The molecule has 2 aliphatic rings. The number of likely N-dealkylation sites (tertiary alicyclic amines) is 1. The Morgan fingerprint density at radius 2 is 2.08 bits per heavy atom. The van der Waals surface area contributed by atoms with Crippen molar-refractivity contribution in [2.45, 2.75) is 51.7 Å². The van der Waals surface area contributed by atoms with Crippen LogP contribution in [0.5, 0.6) is 0 Å². The number of carbonyl (C=O) groups excluding carboxylic acids is 2. The molecule has 7 heteroatoms. The topological polar surface area (TPSA) is 61.9 Å². The maximum absolute atomic E-state index is 12.4. The molecule has 2 fully saturated rings. The Morgan fingerprint density at radius 1 is 1.32 bits per heavy atom. The van der Waals surface area contributed by atoms with Gasteiger partial charge in [0.1, 0.15) is 12.1 Å². The van der Waals surface area contributed by atoms with Crippen LogP contribution in [0.2, 0.25) is 0 Å². The van der Waals surface area contributed by atoms with Crippen LogP contribution < -0.4 is 5.32 Å². The third-order valence-electron chi connectivity index (χ3n) is 4.73. The number of nitrogens with zero attached hydrogens (tertiary/aromatic N) is 2. The molecule has 2 aliphatic heterocycles. The molecule has 0 spiro atoms. The van der Waals surface area contributed by atoms with Crippen molar-refractivity contribution >= 4 is 23.8 Å². The van der Waals surface area contributed by atoms with Crippen molar-refractivity contribution in [1.82, 2.24) is 15.1 Å². The average molecular weight is 372 g/mol. The van der Waals surface area contributed by atoms with Crippen molar-refractivity contribution in [3.05, 3.63) is 0 Å². The van der Waals surface area contributed by atoms with Crippen LogP contribution in [0.1, 0.15) is 40.0 Å². The minimum Gasteiger partial charge on any atom is -0.444 e. The first kappa shape index (κ1) is 20.4. The Kier molecular flexibility index (Phi) is 7.43. The Labute approximate surface area is 156 Å². The van der Waals surface area contributed by atoms with E-state index in [1.165, 1.54) is 24.3 Å². The second-order valence-corrected chi connectivity index (χ2v) is 9.31. The summed E-state index contributed by atoms with van der Waals surface area (Å²) < 4.78 is 5.18. The summed E-state index contributed by atoms with van der Waals surface area (Å²) in [6, 6.07) is 0.685. The van der Waals surface area contributed by atoms with E-state index in [1.807, 2.05) is 37.4 Å². The number of thioether (sulfide) groups is 1. The Bertz CT molecular complexity index is 461. The monoisotopic (exact) mass is 371 g/mol. The van der Waals surface area contributed by atoms with Crippen LogP contribution in [0.4, 0.5) is 4.79 Å². The number of nitrogens with one attached hydrogen (secondary N) is 1. The smallest absolute Gasteiger partial charge is 0.408 e. The maximum Gasteiger partial charge on any atom is 0.408 e. The predicted octanol–water partition coefficient (Wildman–Crippen LogP) is 2.19. The Morgan fingerprint density at radius 3 is 2.72 bits per heavy atom. The molecule has 0 bridgehead atoms. The molecule has 0 aliphatic carbocycles. The fourth-order valence-corrected chi connectivity index (χ4v) is 4.74. The lowest BCUT2D eigenvalue weighted by atomic mass is 9.97. The number of alkyl carbamates (subject to hydrolysis) is 1. The number of piperidine rings is 1. The second kappa shape index (κ2) is 9.12. The third-order valence-corrected chi connectivity index (χ3v) is 5.87. The first-order chi connectivity index (χ1) is 11.7. The Hall–Kier alpha value is -0.950. The summed E-state index contributed by atoms with van der Waals surface area (Å²) in [5, 5.41) is 2.57. The van der Waals surface area contributed by atoms with Crippen LogP contribution in [-0.4, -0.2) is 78.2 Å². The highest BCUT2D eigenvalue weighted by molar-refractivity contribution is 7.99. The summed E-state index contributed by atoms with van der Waals surface area (Å²) in [5.74, 6) is 3.00. The molecule has 2 saturated heterocycles. The van der Waals surface area contributed by atoms with E-state index in [0.717, 1.165) is 26.1 Å². The molecule has 2 heterocycles. The first-order valence-electron chi connectivity index (χ1n) is 9.27. The van der Waals surface area contributed by atoms with Crippen molar-refractivity contribution in [1.29, 1.82) is 0 Å². The quantitative estimate of drug-likeness (QED) is 0.803. The van der Waals surface area contributed by atoms with Gasteiger partial charge >= 0.3 is 6.09 Å². The molecular formula is C18H33N3O3S. The van der Waals surface area contributed by atoms with Gasteiger partial charge in [-0.25, -0.2) is 4.79 Å². The number of ether oxygens (including phenoxy) is 1. The fourth-order valence-electron chi connectivity index (χ4n) is 3.44. The van der Waals surface area contributed by atoms with E-state index in [9.17, 15) is 9.59 Å². The molecule has 144 valence electrons. The van der Waals surface area contributed by atoms with E-state index in [-0.39, 0.29) is 12.5 Å². The van der Waals surface area contributed by atoms with Crippen molar-refractivity contribution < 1.29 is 14.3 Å². The molecule has 0 aromatic heterocycles. The van der Waals surface area contributed by atoms with Crippen LogP contribution in [0.25, 0.3) is 0 Å². The zero-order valence-corrected chi connectivity index (χ0v) is 16.9. The first-order valence-corrected chi connectivity index (χ1v) is 10.4. The van der Waals surface area contributed by atoms with Gasteiger partial charge in [0.25, 0.3) is 0 Å². The van der Waals surface area contributed by atoms with Crippen molar-refractivity contribution in [2.75, 3.05) is 44.7 Å². The van der Waals surface area contributed by atoms with E-state index in [2.05, 4.69) is 17.3 Å². The van der Waals surface area contributed by atoms with Gasteiger partial charge in [-0.05, 0) is 58.8 Å². The summed E-state index contributed by atoms with van der Waals surface area (Å²) >= 11 is 2.03. The van der Waals surface area contributed by atoms with Gasteiger partial charge in [-0.2, -0.15) is 11.8 Å². The molecule has 25 heavy (non-hydrogen) atoms. The molecule has 1 N–H and O–H groups in total. The third kappa shape index (κ3) is 7.05. The average Bonchev–Trinajstić information content (AvgIpc) is 3.06. The number of rotatable bonds is 5. The molecule has 2 atom stereocenters. The second-order valence-electron chi connectivity index (χ2n) is 8.16. The molecule has 0 aromatic rings. The van der Waals surface area contributed by atoms with Crippen LogP contribution in [0.15, 0.2) is 0 Å². The van der Waals surface area contributed by atoms with Gasteiger partial charge in [-0.1, -0.05) is 0 Å². The van der Waals surface area contributed by atoms with Crippen molar-refractivity contribution in [3.8, 4) is 0 Å². The van der Waals surface area contributed by atoms with Gasteiger partial charge in [0.2, 0.25) is 5.91 Å². The number of carbonyl (C=O) groups is 2. The summed E-state index contributed by atoms with van der Waals surface area (Å²) in [6.07, 6.45) is 2.95. The molecule has 0 radical (unpaired) electrons. The zero-order valence-electron chi connectivity index (χ0n) is 16.0. The minimum absolute atomic E-state index is 0.0107. The van der Waals surface area contributed by atoms with E-state index in [4.69, 9.17) is 4.74 Å². The number of hydrogen-bond donors (Lipinski definition) is 1. The number of hydrogen-bond acceptors (Lipinski definition) is 5. The zero-order chi connectivity index (χ0) is 18.4. The van der Waals surface area contributed by atoms with Gasteiger partial charge in [0.15, 0.2) is 0 Å². The largest absolute Gasteiger partial charge is 0.444 e. The van der Waals surface area contributed by atoms with Gasteiger partial charge in [-0.3, -0.25) is 4.79 Å². The summed E-state index contributed by atoms with van der Waals surface area (Å²) in [7, 11) is 2.21. The molecule has 2 amide bonds. The standard InChI is InChI=1S/C18H33N3O3S/c1-18(2,3)24-17(23)19-10-16(22)21-8-5-6-14(12-21)11-20(4)15-7-9-25-13-15/h14-15H,5-13H2,1-4H3,(H,19,23). The van der Waals surface area contributed by atoms with E-state index >= 15 is 0 Å². The Balaban J connectivity index is 1.73. The highest BCUT2D eigenvalue weighted by Gasteiger charge is 2.28. The van der Waals surface area contributed by atoms with Gasteiger partial charge < -0.3 is 19.9 Å². The summed E-state index contributed by atoms with van der Waals surface area (Å²) in [4.78, 5) is 28.4. The fraction of sp³-hybridized carbons (Fsp3) is 0.889. The number of amides is 2. The summed E-state index contributed by atoms with van der Waals surface area (Å²) in [6.45, 7) is 8.06. The van der Waals surface area contributed by atoms with E-state index < -0.39 is 11.7 Å². The minimum atomic E-state index is -0.549. The lowest BCUT2D eigenvalue weighted by molar-refractivity contribution is -0.132. The van der Waals surface area contributed by atoms with Gasteiger partial charge in [-0.15, -0.1) is 0 Å². The van der Waals surface area contributed by atoms with E-state index in [1.54, 1.807) is 0 Å². The SMILES string of the molecule is CN(CC1CCCN(C(=O)CNC(=O)OC(C)(C)C)C1)C1CCSC1. The molecular weight excluding hydrogens is 338 g/mol. The molecule has 2 unspecified atom stereocenters. The predicted molar refractivity (Wildman–Crippen MR) is 102 cm³/mol. The lowest BCUT2D eigenvalue weighted by Crippen LogP contribution is -2.48. The van der Waals surface area contributed by atoms with Crippen LogP contribution >= 0.6 is 11.8 Å².